The minimum Gasteiger partial charge on any atom is -0.491 e. The lowest BCUT2D eigenvalue weighted by Gasteiger charge is -2.19. The molecule has 8 heteroatoms. The Morgan fingerprint density at radius 3 is 2.81 bits per heavy atom. The Bertz CT molecular complexity index is 1520. The number of benzene rings is 1. The van der Waals surface area contributed by atoms with Crippen LogP contribution in [0.3, 0.4) is 0 Å². The van der Waals surface area contributed by atoms with Crippen molar-refractivity contribution in [3.8, 4) is 17.1 Å². The molecule has 32 heavy (non-hydrogen) atoms. The van der Waals surface area contributed by atoms with Crippen LogP contribution in [0, 0.1) is 13.8 Å². The highest BCUT2D eigenvalue weighted by atomic mass is 16.5. The zero-order valence-corrected chi connectivity index (χ0v) is 17.8. The highest BCUT2D eigenvalue weighted by Crippen LogP contribution is 2.34. The van der Waals surface area contributed by atoms with Crippen LogP contribution in [0.2, 0.25) is 0 Å². The number of pyridine rings is 2. The molecule has 160 valence electrons. The molecule has 0 aliphatic rings. The van der Waals surface area contributed by atoms with E-state index in [-0.39, 0.29) is 17.5 Å². The number of aryl methyl sites for hydroxylation is 1. The molecule has 8 nitrogen and oxygen atoms in total. The van der Waals surface area contributed by atoms with Crippen LogP contribution in [-0.2, 0) is 0 Å². The van der Waals surface area contributed by atoms with Gasteiger partial charge in [-0.3, -0.25) is 14.2 Å². The van der Waals surface area contributed by atoms with Crippen LogP contribution < -0.4 is 10.9 Å². The van der Waals surface area contributed by atoms with Gasteiger partial charge in [-0.25, -0.2) is 4.98 Å². The highest BCUT2D eigenvalue weighted by Gasteiger charge is 2.19. The highest BCUT2D eigenvalue weighted by molar-refractivity contribution is 5.94. The lowest BCUT2D eigenvalue weighted by Crippen LogP contribution is -2.22. The van der Waals surface area contributed by atoms with Gasteiger partial charge in [-0.2, -0.15) is 0 Å². The third kappa shape index (κ3) is 3.17. The first-order chi connectivity index (χ1) is 15.4. The van der Waals surface area contributed by atoms with Crippen molar-refractivity contribution in [1.29, 1.82) is 0 Å². The second kappa shape index (κ2) is 7.49. The Balaban J connectivity index is 1.68. The summed E-state index contributed by atoms with van der Waals surface area (Å²) in [5, 5.41) is 17.7. The molecule has 4 aromatic heterocycles. The van der Waals surface area contributed by atoms with E-state index in [1.807, 2.05) is 44.2 Å². The summed E-state index contributed by atoms with van der Waals surface area (Å²) < 4.78 is 6.75. The van der Waals surface area contributed by atoms with Gasteiger partial charge in [-0.15, -0.1) is 0 Å². The van der Waals surface area contributed by atoms with Gasteiger partial charge in [0.25, 0.3) is 11.4 Å². The molecule has 1 aromatic carbocycles. The monoisotopic (exact) mass is 427 g/mol. The summed E-state index contributed by atoms with van der Waals surface area (Å²) in [6, 6.07) is 10.9. The Morgan fingerprint density at radius 2 is 2.03 bits per heavy atom. The van der Waals surface area contributed by atoms with Crippen LogP contribution in [0.1, 0.15) is 29.7 Å². The number of fused-ring (bicyclic) bond motifs is 2. The van der Waals surface area contributed by atoms with E-state index in [0.29, 0.717) is 33.6 Å². The van der Waals surface area contributed by atoms with E-state index in [4.69, 9.17) is 9.51 Å². The first-order valence-corrected chi connectivity index (χ1v) is 10.2. The average molecular weight is 427 g/mol. The quantitative estimate of drug-likeness (QED) is 0.438. The van der Waals surface area contributed by atoms with E-state index in [1.165, 1.54) is 0 Å². The second-order valence-electron chi connectivity index (χ2n) is 7.85. The molecule has 0 saturated heterocycles. The van der Waals surface area contributed by atoms with E-state index in [1.54, 1.807) is 36.0 Å². The molecule has 0 bridgehead atoms. The van der Waals surface area contributed by atoms with Crippen molar-refractivity contribution < 1.29 is 9.63 Å². The van der Waals surface area contributed by atoms with Crippen LogP contribution in [0.5, 0.6) is 5.88 Å². The number of aromatic nitrogens is 4. The molecule has 0 radical (unpaired) electrons. The summed E-state index contributed by atoms with van der Waals surface area (Å²) in [5.74, 6) is -0.173. The summed E-state index contributed by atoms with van der Waals surface area (Å²) >= 11 is 0. The van der Waals surface area contributed by atoms with E-state index in [0.717, 1.165) is 16.7 Å². The van der Waals surface area contributed by atoms with E-state index >= 15 is 0 Å². The molecule has 0 aliphatic heterocycles. The van der Waals surface area contributed by atoms with Gasteiger partial charge in [-0.1, -0.05) is 6.07 Å². The van der Waals surface area contributed by atoms with Gasteiger partial charge >= 0.3 is 0 Å². The predicted molar refractivity (Wildman–Crippen MR) is 122 cm³/mol. The fourth-order valence-electron chi connectivity index (χ4n) is 4.01. The zero-order chi connectivity index (χ0) is 22.4. The topological polar surface area (TPSA) is 106 Å². The lowest BCUT2D eigenvalue weighted by atomic mass is 10.0. The lowest BCUT2D eigenvalue weighted by molar-refractivity contribution is 0.376. The Morgan fingerprint density at radius 1 is 1.19 bits per heavy atom. The SMILES string of the molecule is Cc1cc(C(C)Nc2cccc3onc(O)c23)c2nc(-c3cccnc3)c(C)c(=O)n2c1. The second-order valence-corrected chi connectivity index (χ2v) is 7.85. The number of nitrogens with zero attached hydrogens (tertiary/aromatic N) is 4. The largest absolute Gasteiger partial charge is 0.491 e. The third-order valence-electron chi connectivity index (χ3n) is 5.57. The molecule has 1 unspecified atom stereocenters. The Kier molecular flexibility index (Phi) is 4.62. The van der Waals surface area contributed by atoms with Gasteiger partial charge in [0.1, 0.15) is 11.0 Å². The Labute approximate surface area is 183 Å². The number of aromatic hydroxyl groups is 1. The van der Waals surface area contributed by atoms with Gasteiger partial charge in [0.15, 0.2) is 5.58 Å². The van der Waals surface area contributed by atoms with Crippen LogP contribution in [-0.4, -0.2) is 24.6 Å². The molecule has 1 atom stereocenters. The molecule has 0 spiro atoms. The van der Waals surface area contributed by atoms with Crippen molar-refractivity contribution >= 4 is 22.3 Å². The fourth-order valence-corrected chi connectivity index (χ4v) is 4.01. The molecule has 4 heterocycles. The van der Waals surface area contributed by atoms with Gasteiger partial charge in [0, 0.05) is 35.3 Å². The molecule has 5 rings (SSSR count). The molecule has 0 aliphatic carbocycles. The summed E-state index contributed by atoms with van der Waals surface area (Å²) in [6.45, 7) is 5.70. The first kappa shape index (κ1) is 19.7. The minimum atomic E-state index is -0.235. The van der Waals surface area contributed by atoms with Crippen LogP contribution in [0.4, 0.5) is 5.69 Å². The van der Waals surface area contributed by atoms with Crippen molar-refractivity contribution in [3.05, 3.63) is 82.0 Å². The summed E-state index contributed by atoms with van der Waals surface area (Å²) in [6.07, 6.45) is 5.19. The predicted octanol–water partition coefficient (Wildman–Crippen LogP) is 4.39. The van der Waals surface area contributed by atoms with E-state index in [2.05, 4.69) is 15.5 Å². The zero-order valence-electron chi connectivity index (χ0n) is 17.8. The number of anilines is 1. The van der Waals surface area contributed by atoms with Gasteiger partial charge < -0.3 is 14.9 Å². The maximum Gasteiger partial charge on any atom is 0.261 e. The van der Waals surface area contributed by atoms with Crippen molar-refractivity contribution in [2.75, 3.05) is 5.32 Å². The smallest absolute Gasteiger partial charge is 0.261 e. The maximum atomic E-state index is 13.2. The summed E-state index contributed by atoms with van der Waals surface area (Å²) in [5.41, 5.74) is 5.34. The van der Waals surface area contributed by atoms with E-state index < -0.39 is 0 Å². The maximum absolute atomic E-state index is 13.2. The fraction of sp³-hybridized carbons (Fsp3) is 0.167. The van der Waals surface area contributed by atoms with E-state index in [9.17, 15) is 9.90 Å². The number of hydrogen-bond acceptors (Lipinski definition) is 7. The van der Waals surface area contributed by atoms with Crippen molar-refractivity contribution in [3.63, 3.8) is 0 Å². The van der Waals surface area contributed by atoms with Crippen LogP contribution in [0.25, 0.3) is 27.9 Å². The van der Waals surface area contributed by atoms with Gasteiger partial charge in [0.2, 0.25) is 0 Å². The van der Waals surface area contributed by atoms with Crippen molar-refractivity contribution in [2.45, 2.75) is 26.8 Å². The molecule has 5 aromatic rings. The molecular formula is C24H21N5O3. The molecule has 2 N–H and O–H groups in total. The number of hydrogen-bond donors (Lipinski definition) is 2. The van der Waals surface area contributed by atoms with Crippen molar-refractivity contribution in [2.24, 2.45) is 0 Å². The van der Waals surface area contributed by atoms with Crippen LogP contribution >= 0.6 is 0 Å². The Hall–Kier alpha value is -4.20. The van der Waals surface area contributed by atoms with Gasteiger partial charge in [0.05, 0.1) is 17.4 Å². The molecule has 0 saturated carbocycles. The number of nitrogens with one attached hydrogen (secondary N) is 1. The number of rotatable bonds is 4. The van der Waals surface area contributed by atoms with Gasteiger partial charge in [-0.05, 0) is 61.8 Å². The van der Waals surface area contributed by atoms with Crippen LogP contribution in [0.15, 0.2) is 64.3 Å². The third-order valence-corrected chi connectivity index (χ3v) is 5.57. The summed E-state index contributed by atoms with van der Waals surface area (Å²) in [4.78, 5) is 22.3. The molecule has 0 amide bonds. The average Bonchev–Trinajstić information content (AvgIpc) is 3.18. The molecule has 0 fully saturated rings. The van der Waals surface area contributed by atoms with Crippen molar-refractivity contribution in [1.82, 2.24) is 19.5 Å². The first-order valence-electron chi connectivity index (χ1n) is 10.2. The summed E-state index contributed by atoms with van der Waals surface area (Å²) in [7, 11) is 0. The minimum absolute atomic E-state index is 0.121. The molecular weight excluding hydrogens is 406 g/mol. The standard InChI is InChI=1S/C24H21N5O3/c1-13-10-17(15(3)26-18-7-4-8-19-20(18)23(30)28-32-19)22-27-21(16-6-5-9-25-11-16)14(2)24(31)29(22)12-13/h4-12,15,26H,1-3H3,(H,28,30). The normalized spacial score (nSPS) is 12.3.